The Labute approximate surface area is 114 Å². The molecule has 100 valence electrons. The van der Waals surface area contributed by atoms with E-state index in [2.05, 4.69) is 43.0 Å². The van der Waals surface area contributed by atoms with E-state index in [0.717, 1.165) is 23.8 Å². The number of hydrogen-bond donors (Lipinski definition) is 1. The molecule has 0 bridgehead atoms. The Bertz CT molecular complexity index is 443. The number of anilines is 1. The number of alkyl halides is 1. The highest BCUT2D eigenvalue weighted by Crippen LogP contribution is 2.45. The van der Waals surface area contributed by atoms with Crippen molar-refractivity contribution in [2.75, 3.05) is 5.32 Å². The maximum Gasteiger partial charge on any atom is 0.223 e. The fourth-order valence-electron chi connectivity index (χ4n) is 2.23. The van der Waals surface area contributed by atoms with Crippen LogP contribution in [0.4, 0.5) is 5.95 Å². The Balaban J connectivity index is 2.15. The zero-order valence-electron chi connectivity index (χ0n) is 11.8. The second-order valence-electron chi connectivity index (χ2n) is 6.13. The van der Waals surface area contributed by atoms with E-state index in [4.69, 9.17) is 11.6 Å². The highest BCUT2D eigenvalue weighted by molar-refractivity contribution is 6.21. The molecule has 1 aliphatic carbocycles. The fraction of sp³-hybridized carbons (Fsp3) is 0.714. The van der Waals surface area contributed by atoms with Crippen LogP contribution in [-0.4, -0.2) is 21.4 Å². The molecule has 1 saturated carbocycles. The van der Waals surface area contributed by atoms with Crippen LogP contribution in [0.15, 0.2) is 6.07 Å². The molecule has 0 radical (unpaired) electrons. The summed E-state index contributed by atoms with van der Waals surface area (Å²) in [4.78, 5) is 9.04. The molecule has 0 spiro atoms. The number of aromatic nitrogens is 2. The van der Waals surface area contributed by atoms with Gasteiger partial charge < -0.3 is 5.32 Å². The molecule has 1 aliphatic rings. The number of nitrogens with zero attached hydrogens (tertiary/aromatic N) is 2. The van der Waals surface area contributed by atoms with Gasteiger partial charge in [-0.25, -0.2) is 9.97 Å². The average Bonchev–Trinajstić information content (AvgIpc) is 2.28. The zero-order valence-corrected chi connectivity index (χ0v) is 12.5. The van der Waals surface area contributed by atoms with Gasteiger partial charge in [0.2, 0.25) is 5.95 Å². The van der Waals surface area contributed by atoms with Gasteiger partial charge in [0.05, 0.1) is 0 Å². The van der Waals surface area contributed by atoms with Gasteiger partial charge in [-0.1, -0.05) is 27.7 Å². The van der Waals surface area contributed by atoms with E-state index in [1.165, 1.54) is 0 Å². The Morgan fingerprint density at radius 1 is 1.39 bits per heavy atom. The van der Waals surface area contributed by atoms with E-state index in [1.54, 1.807) is 0 Å². The van der Waals surface area contributed by atoms with Gasteiger partial charge in [-0.2, -0.15) is 0 Å². The molecule has 3 nitrogen and oxygen atoms in total. The highest BCUT2D eigenvalue weighted by Gasteiger charge is 2.47. The summed E-state index contributed by atoms with van der Waals surface area (Å²) < 4.78 is 0. The number of rotatable bonds is 3. The van der Waals surface area contributed by atoms with E-state index in [9.17, 15) is 0 Å². The molecular weight excluding hydrogens is 246 g/mol. The minimum absolute atomic E-state index is 0.104. The standard InChI is InChI=1S/C14H22ClN3/c1-8(2)10-6-9(3)16-13(17-10)18-12-7-11(15)14(12,4)5/h6,8,11-12H,7H2,1-5H3,(H,16,17,18). The van der Waals surface area contributed by atoms with Crippen molar-refractivity contribution in [3.05, 3.63) is 17.5 Å². The van der Waals surface area contributed by atoms with Crippen LogP contribution >= 0.6 is 11.6 Å². The largest absolute Gasteiger partial charge is 0.351 e. The van der Waals surface area contributed by atoms with Gasteiger partial charge in [0, 0.05) is 28.2 Å². The van der Waals surface area contributed by atoms with E-state index >= 15 is 0 Å². The van der Waals surface area contributed by atoms with Crippen LogP contribution < -0.4 is 5.32 Å². The number of halogens is 1. The fourth-order valence-corrected chi connectivity index (χ4v) is 2.56. The molecule has 0 amide bonds. The van der Waals surface area contributed by atoms with Gasteiger partial charge in [-0.15, -0.1) is 11.6 Å². The second kappa shape index (κ2) is 4.69. The minimum atomic E-state index is 0.104. The van der Waals surface area contributed by atoms with E-state index in [1.807, 2.05) is 13.0 Å². The molecule has 2 rings (SSSR count). The third kappa shape index (κ3) is 2.46. The van der Waals surface area contributed by atoms with Crippen LogP contribution in [0.25, 0.3) is 0 Å². The first-order chi connectivity index (χ1) is 8.30. The Kier molecular flexibility index (Phi) is 3.54. The van der Waals surface area contributed by atoms with Crippen molar-refractivity contribution in [1.82, 2.24) is 9.97 Å². The highest BCUT2D eigenvalue weighted by atomic mass is 35.5. The molecule has 2 unspecified atom stereocenters. The summed E-state index contributed by atoms with van der Waals surface area (Å²) >= 11 is 6.23. The van der Waals surface area contributed by atoms with Crippen molar-refractivity contribution < 1.29 is 0 Å². The summed E-state index contributed by atoms with van der Waals surface area (Å²) in [5.41, 5.74) is 2.20. The van der Waals surface area contributed by atoms with Gasteiger partial charge in [-0.3, -0.25) is 0 Å². The monoisotopic (exact) mass is 267 g/mol. The molecule has 2 atom stereocenters. The predicted molar refractivity (Wildman–Crippen MR) is 76.3 cm³/mol. The van der Waals surface area contributed by atoms with E-state index in [-0.39, 0.29) is 10.8 Å². The molecule has 1 heterocycles. The zero-order chi connectivity index (χ0) is 13.5. The Morgan fingerprint density at radius 2 is 2.06 bits per heavy atom. The normalized spacial score (nSPS) is 25.9. The third-order valence-corrected chi connectivity index (χ3v) is 4.66. The number of aryl methyl sites for hydroxylation is 1. The summed E-state index contributed by atoms with van der Waals surface area (Å²) in [6.07, 6.45) is 0.975. The van der Waals surface area contributed by atoms with Gasteiger partial charge in [0.15, 0.2) is 0 Å². The second-order valence-corrected chi connectivity index (χ2v) is 6.66. The van der Waals surface area contributed by atoms with Crippen LogP contribution in [-0.2, 0) is 0 Å². The smallest absolute Gasteiger partial charge is 0.223 e. The molecule has 1 N–H and O–H groups in total. The maximum absolute atomic E-state index is 6.23. The first-order valence-electron chi connectivity index (χ1n) is 6.57. The summed E-state index contributed by atoms with van der Waals surface area (Å²) in [6, 6.07) is 2.41. The minimum Gasteiger partial charge on any atom is -0.351 e. The lowest BCUT2D eigenvalue weighted by Crippen LogP contribution is -2.54. The van der Waals surface area contributed by atoms with Gasteiger partial charge in [0.25, 0.3) is 0 Å². The number of nitrogens with one attached hydrogen (secondary N) is 1. The Hall–Kier alpha value is -0.830. The maximum atomic E-state index is 6.23. The van der Waals surface area contributed by atoms with Crippen LogP contribution in [0.3, 0.4) is 0 Å². The lowest BCUT2D eigenvalue weighted by atomic mass is 9.67. The van der Waals surface area contributed by atoms with Crippen molar-refractivity contribution in [1.29, 1.82) is 0 Å². The van der Waals surface area contributed by atoms with Gasteiger partial charge in [-0.05, 0) is 25.3 Å². The van der Waals surface area contributed by atoms with Crippen LogP contribution in [0.1, 0.15) is 51.4 Å². The molecule has 0 aliphatic heterocycles. The van der Waals surface area contributed by atoms with Gasteiger partial charge >= 0.3 is 0 Å². The molecule has 0 saturated heterocycles. The SMILES string of the molecule is Cc1cc(C(C)C)nc(NC2CC(Cl)C2(C)C)n1. The lowest BCUT2D eigenvalue weighted by molar-refractivity contribution is 0.167. The average molecular weight is 268 g/mol. The van der Waals surface area contributed by atoms with E-state index < -0.39 is 0 Å². The molecular formula is C14H22ClN3. The molecule has 4 heteroatoms. The summed E-state index contributed by atoms with van der Waals surface area (Å²) in [5.74, 6) is 1.16. The van der Waals surface area contributed by atoms with Crippen molar-refractivity contribution in [3.63, 3.8) is 0 Å². The number of hydrogen-bond acceptors (Lipinski definition) is 3. The summed E-state index contributed by atoms with van der Waals surface area (Å²) in [6.45, 7) is 10.7. The van der Waals surface area contributed by atoms with Crippen LogP contribution in [0.5, 0.6) is 0 Å². The molecule has 0 aromatic carbocycles. The van der Waals surface area contributed by atoms with Gasteiger partial charge in [0.1, 0.15) is 0 Å². The molecule has 18 heavy (non-hydrogen) atoms. The molecule has 1 aromatic rings. The predicted octanol–water partition coefficient (Wildman–Crippen LogP) is 3.73. The summed E-state index contributed by atoms with van der Waals surface area (Å²) in [7, 11) is 0. The molecule has 1 aromatic heterocycles. The lowest BCUT2D eigenvalue weighted by Gasteiger charge is -2.49. The molecule has 1 fully saturated rings. The first kappa shape index (κ1) is 13.6. The van der Waals surface area contributed by atoms with Crippen molar-refractivity contribution in [2.24, 2.45) is 5.41 Å². The van der Waals surface area contributed by atoms with E-state index in [0.29, 0.717) is 12.0 Å². The summed E-state index contributed by atoms with van der Waals surface area (Å²) in [5, 5.41) is 3.67. The quantitative estimate of drug-likeness (QED) is 0.848. The van der Waals surface area contributed by atoms with Crippen LogP contribution in [0.2, 0.25) is 0 Å². The third-order valence-electron chi connectivity index (χ3n) is 3.92. The van der Waals surface area contributed by atoms with Crippen molar-refractivity contribution in [3.8, 4) is 0 Å². The van der Waals surface area contributed by atoms with Crippen LogP contribution in [0, 0.1) is 12.3 Å². The topological polar surface area (TPSA) is 37.8 Å². The first-order valence-corrected chi connectivity index (χ1v) is 7.00. The van der Waals surface area contributed by atoms with Crippen molar-refractivity contribution in [2.45, 2.75) is 58.4 Å². The Morgan fingerprint density at radius 3 is 2.56 bits per heavy atom. The van der Waals surface area contributed by atoms with Crippen molar-refractivity contribution >= 4 is 17.5 Å².